The van der Waals surface area contributed by atoms with E-state index in [1.165, 1.54) is 41.4 Å². The number of nitro groups is 1. The van der Waals surface area contributed by atoms with Crippen LogP contribution in [0.15, 0.2) is 109 Å². The Morgan fingerprint density at radius 3 is 2.30 bits per heavy atom. The Labute approximate surface area is 257 Å². The monoisotopic (exact) mass is 602 g/mol. The number of rotatable bonds is 9. The second-order valence-corrected chi connectivity index (χ2v) is 10.7. The molecule has 0 aliphatic rings. The summed E-state index contributed by atoms with van der Waals surface area (Å²) in [6, 6.07) is 27.1. The average molecular weight is 603 g/mol. The number of nitro benzene ring substituents is 1. The van der Waals surface area contributed by atoms with Crippen molar-refractivity contribution in [3.8, 4) is 10.4 Å². The van der Waals surface area contributed by atoms with Gasteiger partial charge in [-0.15, -0.1) is 11.3 Å². The van der Waals surface area contributed by atoms with Crippen LogP contribution >= 0.6 is 11.3 Å². The van der Waals surface area contributed by atoms with Crippen LogP contribution in [-0.2, 0) is 9.59 Å². The van der Waals surface area contributed by atoms with Gasteiger partial charge in [-0.25, -0.2) is 4.98 Å². The Kier molecular flexibility index (Phi) is 8.82. The van der Waals surface area contributed by atoms with Crippen LogP contribution in [0.2, 0.25) is 0 Å². The summed E-state index contributed by atoms with van der Waals surface area (Å²) in [7, 11) is 0. The molecule has 10 heteroatoms. The molecule has 218 valence electrons. The molecule has 1 aromatic heterocycles. The van der Waals surface area contributed by atoms with Gasteiger partial charge in [0.05, 0.1) is 26.7 Å². The Balaban J connectivity index is 1.44. The second-order valence-electron chi connectivity index (χ2n) is 9.81. The molecule has 2 amide bonds. The van der Waals surface area contributed by atoms with E-state index in [-0.39, 0.29) is 22.9 Å². The molecule has 0 bridgehead atoms. The van der Waals surface area contributed by atoms with Crippen molar-refractivity contribution in [1.82, 2.24) is 4.98 Å². The van der Waals surface area contributed by atoms with Crippen molar-refractivity contribution in [2.45, 2.75) is 13.8 Å². The van der Waals surface area contributed by atoms with E-state index in [1.54, 1.807) is 66.2 Å². The highest BCUT2D eigenvalue weighted by atomic mass is 32.1. The summed E-state index contributed by atoms with van der Waals surface area (Å²) in [6.07, 6.45) is 2.88. The van der Waals surface area contributed by atoms with Gasteiger partial charge in [0.15, 0.2) is 5.78 Å². The van der Waals surface area contributed by atoms with E-state index in [4.69, 9.17) is 0 Å². The number of aromatic nitrogens is 1. The van der Waals surface area contributed by atoms with E-state index in [0.29, 0.717) is 28.3 Å². The van der Waals surface area contributed by atoms with Gasteiger partial charge in [-0.1, -0.05) is 48.0 Å². The third kappa shape index (κ3) is 6.66. The van der Waals surface area contributed by atoms with Crippen LogP contribution < -0.4 is 10.2 Å². The largest absolute Gasteiger partial charge is 0.322 e. The Morgan fingerprint density at radius 1 is 0.932 bits per heavy atom. The van der Waals surface area contributed by atoms with Gasteiger partial charge >= 0.3 is 0 Å². The first kappa shape index (κ1) is 29.7. The number of carbonyl (C=O) groups excluding carboxylic acids is 3. The van der Waals surface area contributed by atoms with Crippen LogP contribution in [0.1, 0.15) is 34.1 Å². The van der Waals surface area contributed by atoms with Gasteiger partial charge in [-0.2, -0.15) is 0 Å². The molecule has 0 saturated carbocycles. The van der Waals surface area contributed by atoms with E-state index in [1.807, 2.05) is 37.3 Å². The maximum absolute atomic E-state index is 13.7. The number of benzene rings is 4. The molecule has 0 saturated heterocycles. The number of ketones is 1. The fraction of sp³-hybridized carbons (Fsp3) is 0.0588. The molecule has 1 N–H and O–H groups in total. The molecule has 0 spiro atoms. The quantitative estimate of drug-likeness (QED) is 0.0802. The van der Waals surface area contributed by atoms with Crippen molar-refractivity contribution < 1.29 is 19.3 Å². The summed E-state index contributed by atoms with van der Waals surface area (Å²) in [5.74, 6) is -1.04. The van der Waals surface area contributed by atoms with E-state index in [0.717, 1.165) is 16.0 Å². The van der Waals surface area contributed by atoms with Gasteiger partial charge in [0.2, 0.25) is 11.8 Å². The lowest BCUT2D eigenvalue weighted by Crippen LogP contribution is -2.25. The lowest BCUT2D eigenvalue weighted by Gasteiger charge is -2.24. The van der Waals surface area contributed by atoms with E-state index >= 15 is 0 Å². The first-order valence-electron chi connectivity index (χ1n) is 13.5. The van der Waals surface area contributed by atoms with Crippen molar-refractivity contribution >= 4 is 57.8 Å². The van der Waals surface area contributed by atoms with Crippen molar-refractivity contribution in [3.63, 3.8) is 0 Å². The number of nitrogens with zero attached hydrogens (tertiary/aromatic N) is 3. The van der Waals surface area contributed by atoms with Crippen LogP contribution in [0, 0.1) is 17.0 Å². The van der Waals surface area contributed by atoms with Crippen LogP contribution in [0.5, 0.6) is 0 Å². The molecule has 44 heavy (non-hydrogen) atoms. The zero-order chi connectivity index (χ0) is 31.2. The number of aryl methyl sites for hydroxylation is 1. The first-order chi connectivity index (χ1) is 21.2. The molecule has 9 nitrogen and oxygen atoms in total. The minimum atomic E-state index is -0.465. The van der Waals surface area contributed by atoms with Gasteiger partial charge in [-0.3, -0.25) is 29.4 Å². The molecule has 1 heterocycles. The number of amides is 2. The van der Waals surface area contributed by atoms with Crippen LogP contribution in [0.3, 0.4) is 0 Å². The molecule has 5 aromatic rings. The molecule has 4 aromatic carbocycles. The van der Waals surface area contributed by atoms with Crippen molar-refractivity contribution in [1.29, 1.82) is 0 Å². The standard InChI is InChI=1S/C34H26N4O5S/c1-22-8-13-27(14-9-22)37(23(2)39)31-18-12-26(20-29(31)33(41)24-6-4-3-5-7-24)36-32(40)19-17-30-34(44-21-35-30)25-10-15-28(16-11-25)38(42)43/h3-21H,1-2H3,(H,36,40)/b19-17-. The molecule has 0 aliphatic heterocycles. The maximum Gasteiger partial charge on any atom is 0.269 e. The molecule has 0 radical (unpaired) electrons. The summed E-state index contributed by atoms with van der Waals surface area (Å²) >= 11 is 1.35. The van der Waals surface area contributed by atoms with Crippen LogP contribution in [-0.4, -0.2) is 27.5 Å². The SMILES string of the molecule is CC(=O)N(c1ccc(C)cc1)c1ccc(NC(=O)/C=C\c2ncsc2-c2ccc([N+](=O)[O-])cc2)cc1C(=O)c1ccccc1. The zero-order valence-corrected chi connectivity index (χ0v) is 24.6. The highest BCUT2D eigenvalue weighted by Gasteiger charge is 2.23. The van der Waals surface area contributed by atoms with E-state index < -0.39 is 10.8 Å². The third-order valence-electron chi connectivity index (χ3n) is 6.72. The van der Waals surface area contributed by atoms with Gasteiger partial charge in [0.25, 0.3) is 5.69 Å². The number of hydrogen-bond acceptors (Lipinski definition) is 7. The molecular formula is C34H26N4O5S. The predicted molar refractivity (Wildman–Crippen MR) is 172 cm³/mol. The normalized spacial score (nSPS) is 10.9. The lowest BCUT2D eigenvalue weighted by atomic mass is 9.99. The Bertz CT molecular complexity index is 1880. The topological polar surface area (TPSA) is 123 Å². The van der Waals surface area contributed by atoms with Gasteiger partial charge in [-0.05, 0) is 61.0 Å². The zero-order valence-electron chi connectivity index (χ0n) is 23.8. The predicted octanol–water partition coefficient (Wildman–Crippen LogP) is 7.59. The molecule has 0 aliphatic carbocycles. The van der Waals surface area contributed by atoms with Crippen molar-refractivity contribution in [2.75, 3.05) is 10.2 Å². The van der Waals surface area contributed by atoms with Crippen molar-refractivity contribution in [3.05, 3.63) is 141 Å². The van der Waals surface area contributed by atoms with E-state index in [2.05, 4.69) is 10.3 Å². The van der Waals surface area contributed by atoms with Gasteiger partial charge in [0.1, 0.15) is 0 Å². The van der Waals surface area contributed by atoms with Crippen LogP contribution in [0.4, 0.5) is 22.7 Å². The summed E-state index contributed by atoms with van der Waals surface area (Å²) in [5, 5.41) is 13.8. The molecule has 0 atom stereocenters. The highest BCUT2D eigenvalue weighted by Crippen LogP contribution is 2.33. The second kappa shape index (κ2) is 13.1. The number of thiazole rings is 1. The smallest absolute Gasteiger partial charge is 0.269 e. The first-order valence-corrected chi connectivity index (χ1v) is 14.4. The highest BCUT2D eigenvalue weighted by molar-refractivity contribution is 7.13. The number of nitrogens with one attached hydrogen (secondary N) is 1. The fourth-order valence-corrected chi connectivity index (χ4v) is 5.37. The fourth-order valence-electron chi connectivity index (χ4n) is 4.58. The molecule has 0 fully saturated rings. The number of non-ortho nitro benzene ring substituents is 1. The summed E-state index contributed by atoms with van der Waals surface area (Å²) in [4.78, 5) is 56.6. The van der Waals surface area contributed by atoms with Gasteiger partial charge in [0, 0.05) is 47.6 Å². The number of anilines is 3. The van der Waals surface area contributed by atoms with Crippen molar-refractivity contribution in [2.24, 2.45) is 0 Å². The lowest BCUT2D eigenvalue weighted by molar-refractivity contribution is -0.384. The Morgan fingerprint density at radius 2 is 1.64 bits per heavy atom. The number of hydrogen-bond donors (Lipinski definition) is 1. The average Bonchev–Trinajstić information content (AvgIpc) is 3.50. The molecule has 0 unspecified atom stereocenters. The summed E-state index contributed by atoms with van der Waals surface area (Å²) in [5.41, 5.74) is 5.95. The maximum atomic E-state index is 13.7. The molecular weight excluding hydrogens is 576 g/mol. The van der Waals surface area contributed by atoms with Crippen LogP contribution in [0.25, 0.3) is 16.5 Å². The number of carbonyl (C=O) groups is 3. The molecule has 5 rings (SSSR count). The minimum absolute atomic E-state index is 0.0174. The third-order valence-corrected chi connectivity index (χ3v) is 7.61. The van der Waals surface area contributed by atoms with Gasteiger partial charge < -0.3 is 5.32 Å². The Hall–Kier alpha value is -5.74. The summed E-state index contributed by atoms with van der Waals surface area (Å²) in [6.45, 7) is 3.38. The minimum Gasteiger partial charge on any atom is -0.322 e. The van der Waals surface area contributed by atoms with E-state index in [9.17, 15) is 24.5 Å². The summed E-state index contributed by atoms with van der Waals surface area (Å²) < 4.78 is 0.